The summed E-state index contributed by atoms with van der Waals surface area (Å²) >= 11 is 6.17. The number of carbonyl (C=O) groups excluding carboxylic acids is 1. The standard InChI is InChI=1S/C18H15ClN5O5P/c1-28-24-17(25)11-6-8-12(9-7-11)21-18-20-10-13(19)16(23-18)22-14-4-2-3-5-15(14)29-30(26)27/h2-10H,1H3,(H3-,20,21,22,23,24,25,26,27)/p+1. The maximum absolute atomic E-state index is 11.7. The number of nitrogens with zero attached hydrogens (tertiary/aromatic N) is 2. The lowest BCUT2D eigenvalue weighted by Crippen LogP contribution is -2.21. The Morgan fingerprint density at radius 3 is 2.57 bits per heavy atom. The first-order valence-corrected chi connectivity index (χ1v) is 9.90. The third-order valence-electron chi connectivity index (χ3n) is 3.66. The van der Waals surface area contributed by atoms with Crippen LogP contribution in [0.25, 0.3) is 0 Å². The Labute approximate surface area is 177 Å². The molecule has 0 aliphatic heterocycles. The lowest BCUT2D eigenvalue weighted by atomic mass is 10.2. The molecule has 4 N–H and O–H groups in total. The van der Waals surface area contributed by atoms with E-state index in [0.29, 0.717) is 16.9 Å². The largest absolute Gasteiger partial charge is 0.747 e. The number of hydrogen-bond acceptors (Lipinski definition) is 8. The Hall–Kier alpha value is -3.30. The van der Waals surface area contributed by atoms with Crippen LogP contribution in [-0.2, 0) is 9.40 Å². The van der Waals surface area contributed by atoms with Gasteiger partial charge in [0, 0.05) is 15.8 Å². The molecule has 1 amide bonds. The van der Waals surface area contributed by atoms with Gasteiger partial charge in [0.15, 0.2) is 5.82 Å². The number of halogens is 1. The lowest BCUT2D eigenvalue weighted by molar-refractivity contribution is 0.0537. The van der Waals surface area contributed by atoms with E-state index in [1.807, 2.05) is 0 Å². The van der Waals surface area contributed by atoms with Crippen molar-refractivity contribution >= 4 is 48.9 Å². The predicted octanol–water partition coefficient (Wildman–Crippen LogP) is 3.94. The third-order valence-corrected chi connectivity index (χ3v) is 4.29. The average Bonchev–Trinajstić information content (AvgIpc) is 2.72. The summed E-state index contributed by atoms with van der Waals surface area (Å²) in [6, 6.07) is 13.1. The molecule has 30 heavy (non-hydrogen) atoms. The quantitative estimate of drug-likeness (QED) is 0.298. The van der Waals surface area contributed by atoms with E-state index in [1.54, 1.807) is 42.5 Å². The molecule has 12 heteroatoms. The summed E-state index contributed by atoms with van der Waals surface area (Å²) in [5.41, 5.74) is 3.69. The molecule has 1 aromatic heterocycles. The van der Waals surface area contributed by atoms with Crippen molar-refractivity contribution < 1.29 is 23.6 Å². The number of carbonyl (C=O) groups is 1. The summed E-state index contributed by atoms with van der Waals surface area (Å²) in [5.74, 6) is 0.288. The molecule has 154 valence electrons. The van der Waals surface area contributed by atoms with E-state index >= 15 is 0 Å². The van der Waals surface area contributed by atoms with Crippen molar-refractivity contribution in [3.8, 4) is 5.75 Å². The molecule has 0 fully saturated rings. The summed E-state index contributed by atoms with van der Waals surface area (Å²) in [6.07, 6.45) is 1.40. The molecule has 10 nitrogen and oxygen atoms in total. The van der Waals surface area contributed by atoms with Crippen molar-refractivity contribution in [1.29, 1.82) is 0 Å². The van der Waals surface area contributed by atoms with Gasteiger partial charge in [-0.1, -0.05) is 23.7 Å². The number of benzene rings is 2. The van der Waals surface area contributed by atoms with E-state index in [0.717, 1.165) is 0 Å². The number of para-hydroxylation sites is 2. The van der Waals surface area contributed by atoms with Crippen LogP contribution >= 0.6 is 19.9 Å². The van der Waals surface area contributed by atoms with Crippen molar-refractivity contribution in [2.24, 2.45) is 0 Å². The summed E-state index contributed by atoms with van der Waals surface area (Å²) < 4.78 is 15.9. The number of aromatic nitrogens is 2. The maximum atomic E-state index is 11.7. The van der Waals surface area contributed by atoms with E-state index in [9.17, 15) is 9.36 Å². The fraction of sp³-hybridized carbons (Fsp3) is 0.0556. The molecule has 0 bridgehead atoms. The highest BCUT2D eigenvalue weighted by molar-refractivity contribution is 7.32. The lowest BCUT2D eigenvalue weighted by Gasteiger charge is -2.11. The number of hydroxylamine groups is 1. The van der Waals surface area contributed by atoms with Gasteiger partial charge in [0.25, 0.3) is 5.91 Å². The van der Waals surface area contributed by atoms with Crippen LogP contribution in [0.2, 0.25) is 5.02 Å². The molecule has 1 atom stereocenters. The van der Waals surface area contributed by atoms with Gasteiger partial charge in [0.1, 0.15) is 5.02 Å². The van der Waals surface area contributed by atoms with Crippen molar-refractivity contribution in [2.45, 2.75) is 0 Å². The minimum atomic E-state index is -2.83. The Morgan fingerprint density at radius 2 is 1.87 bits per heavy atom. The summed E-state index contributed by atoms with van der Waals surface area (Å²) in [4.78, 5) is 33.8. The fourth-order valence-corrected chi connectivity index (χ4v) is 2.83. The minimum absolute atomic E-state index is 0.162. The highest BCUT2D eigenvalue weighted by Crippen LogP contribution is 2.34. The molecule has 3 rings (SSSR count). The van der Waals surface area contributed by atoms with Crippen LogP contribution in [0.1, 0.15) is 10.4 Å². The third kappa shape index (κ3) is 5.62. The van der Waals surface area contributed by atoms with Gasteiger partial charge >= 0.3 is 8.25 Å². The summed E-state index contributed by atoms with van der Waals surface area (Å²) in [5, 5.41) is 6.19. The second-order valence-electron chi connectivity index (χ2n) is 5.68. The summed E-state index contributed by atoms with van der Waals surface area (Å²) in [6.45, 7) is 0. The van der Waals surface area contributed by atoms with Crippen LogP contribution < -0.4 is 20.6 Å². The second-order valence-corrected chi connectivity index (χ2v) is 6.74. The van der Waals surface area contributed by atoms with Crippen LogP contribution in [0, 0.1) is 0 Å². The van der Waals surface area contributed by atoms with Gasteiger partial charge in [-0.15, -0.1) is 4.89 Å². The normalized spacial score (nSPS) is 10.8. The number of hydrogen-bond donors (Lipinski definition) is 4. The van der Waals surface area contributed by atoms with E-state index in [2.05, 4.69) is 30.9 Å². The SMILES string of the molecule is CONC(=O)c1ccc(Nc2ncc(Cl)c(Nc3ccccc3O[P+](=O)O)n2)cc1. The monoisotopic (exact) mass is 448 g/mol. The molecule has 0 saturated heterocycles. The first-order chi connectivity index (χ1) is 14.5. The number of rotatable bonds is 8. The second kappa shape index (κ2) is 9.95. The van der Waals surface area contributed by atoms with Crippen LogP contribution in [0.4, 0.5) is 23.1 Å². The van der Waals surface area contributed by atoms with Gasteiger partial charge < -0.3 is 10.6 Å². The van der Waals surface area contributed by atoms with E-state index in [-0.39, 0.29) is 28.4 Å². The highest BCUT2D eigenvalue weighted by atomic mass is 35.5. The van der Waals surface area contributed by atoms with Crippen molar-refractivity contribution in [3.63, 3.8) is 0 Å². The topological polar surface area (TPSA) is 135 Å². The van der Waals surface area contributed by atoms with Crippen LogP contribution in [0.5, 0.6) is 5.75 Å². The van der Waals surface area contributed by atoms with E-state index in [4.69, 9.17) is 21.0 Å². The number of nitrogens with one attached hydrogen (secondary N) is 3. The van der Waals surface area contributed by atoms with Gasteiger partial charge in [-0.05, 0) is 36.4 Å². The molecule has 0 aliphatic carbocycles. The van der Waals surface area contributed by atoms with Crippen LogP contribution in [-0.4, -0.2) is 27.9 Å². The van der Waals surface area contributed by atoms with Crippen LogP contribution in [0.15, 0.2) is 54.7 Å². The van der Waals surface area contributed by atoms with E-state index < -0.39 is 8.25 Å². The zero-order valence-electron chi connectivity index (χ0n) is 15.5. The molecule has 1 unspecified atom stereocenters. The average molecular weight is 449 g/mol. The minimum Gasteiger partial charge on any atom is -0.336 e. The van der Waals surface area contributed by atoms with Gasteiger partial charge in [-0.25, -0.2) is 15.0 Å². The Bertz CT molecular complexity index is 1070. The highest BCUT2D eigenvalue weighted by Gasteiger charge is 2.18. The first kappa shape index (κ1) is 21.4. The molecule has 0 spiro atoms. The molecule has 1 heterocycles. The zero-order valence-corrected chi connectivity index (χ0v) is 17.1. The molecular weight excluding hydrogens is 433 g/mol. The van der Waals surface area contributed by atoms with Crippen molar-refractivity contribution in [2.75, 3.05) is 17.7 Å². The number of anilines is 4. The molecule has 2 aromatic carbocycles. The van der Waals surface area contributed by atoms with Crippen LogP contribution in [0.3, 0.4) is 0 Å². The molecule has 0 saturated carbocycles. The van der Waals surface area contributed by atoms with Gasteiger partial charge in [0.05, 0.1) is 19.0 Å². The zero-order chi connectivity index (χ0) is 21.5. The summed E-state index contributed by atoms with van der Waals surface area (Å²) in [7, 11) is -1.48. The molecule has 0 radical (unpaired) electrons. The van der Waals surface area contributed by atoms with Crippen molar-refractivity contribution in [3.05, 3.63) is 65.3 Å². The van der Waals surface area contributed by atoms with Gasteiger partial charge in [0.2, 0.25) is 11.7 Å². The first-order valence-electron chi connectivity index (χ1n) is 8.39. The van der Waals surface area contributed by atoms with E-state index in [1.165, 1.54) is 19.4 Å². The maximum Gasteiger partial charge on any atom is 0.747 e. The molecule has 3 aromatic rings. The Morgan fingerprint density at radius 1 is 1.13 bits per heavy atom. The molecular formula is C18H16ClN5O5P+. The Balaban J connectivity index is 1.78. The molecule has 0 aliphatic rings. The fourth-order valence-electron chi connectivity index (χ4n) is 2.36. The van der Waals surface area contributed by atoms with Gasteiger partial charge in [-0.2, -0.15) is 4.98 Å². The number of amides is 1. The Kier molecular flexibility index (Phi) is 7.10. The van der Waals surface area contributed by atoms with Crippen molar-refractivity contribution in [1.82, 2.24) is 15.4 Å². The smallest absolute Gasteiger partial charge is 0.336 e. The predicted molar refractivity (Wildman–Crippen MR) is 111 cm³/mol. The van der Waals surface area contributed by atoms with Gasteiger partial charge in [-0.3, -0.25) is 9.63 Å².